The van der Waals surface area contributed by atoms with E-state index in [2.05, 4.69) is 5.32 Å². The Labute approximate surface area is 149 Å². The molecule has 0 spiro atoms. The van der Waals surface area contributed by atoms with Crippen LogP contribution in [0.25, 0.3) is 0 Å². The van der Waals surface area contributed by atoms with Gasteiger partial charge < -0.3 is 19.7 Å². The minimum Gasteiger partial charge on any atom is -0.493 e. The lowest BCUT2D eigenvalue weighted by atomic mass is 10.1. The fourth-order valence-electron chi connectivity index (χ4n) is 2.49. The van der Waals surface area contributed by atoms with E-state index in [1.807, 2.05) is 61.5 Å². The molecule has 0 aliphatic carbocycles. The van der Waals surface area contributed by atoms with Gasteiger partial charge in [-0.2, -0.15) is 0 Å². The van der Waals surface area contributed by atoms with Crippen molar-refractivity contribution in [1.29, 1.82) is 0 Å². The minimum atomic E-state index is 0.0338. The van der Waals surface area contributed by atoms with Gasteiger partial charge in [-0.1, -0.05) is 18.2 Å². The molecule has 0 aliphatic heterocycles. The van der Waals surface area contributed by atoms with E-state index in [4.69, 9.17) is 9.47 Å². The Kier molecular flexibility index (Phi) is 6.69. The zero-order valence-corrected chi connectivity index (χ0v) is 15.3. The van der Waals surface area contributed by atoms with Gasteiger partial charge in [0.1, 0.15) is 0 Å². The number of benzene rings is 2. The number of carbonyl (C=O) groups excluding carboxylic acids is 1. The van der Waals surface area contributed by atoms with E-state index in [-0.39, 0.29) is 5.91 Å². The van der Waals surface area contributed by atoms with Crippen LogP contribution >= 0.6 is 0 Å². The number of hydrogen-bond acceptors (Lipinski definition) is 4. The Bertz CT molecular complexity index is 697. The molecule has 0 bridgehead atoms. The van der Waals surface area contributed by atoms with Gasteiger partial charge in [0.15, 0.2) is 11.5 Å². The van der Waals surface area contributed by atoms with Gasteiger partial charge in [0.2, 0.25) is 5.91 Å². The first-order valence-electron chi connectivity index (χ1n) is 8.27. The lowest BCUT2D eigenvalue weighted by Crippen LogP contribution is -2.23. The normalized spacial score (nSPS) is 10.2. The maximum atomic E-state index is 12.1. The third-order valence-corrected chi connectivity index (χ3v) is 4.03. The van der Waals surface area contributed by atoms with E-state index >= 15 is 0 Å². The molecule has 0 aromatic heterocycles. The Hall–Kier alpha value is -2.69. The van der Waals surface area contributed by atoms with Crippen LogP contribution in [0.2, 0.25) is 0 Å². The van der Waals surface area contributed by atoms with Crippen molar-refractivity contribution in [2.75, 3.05) is 33.2 Å². The number of nitrogens with zero attached hydrogens (tertiary/aromatic N) is 1. The monoisotopic (exact) mass is 342 g/mol. The van der Waals surface area contributed by atoms with Crippen LogP contribution in [0.1, 0.15) is 17.5 Å². The summed E-state index contributed by atoms with van der Waals surface area (Å²) in [5.74, 6) is 1.41. The van der Waals surface area contributed by atoms with Gasteiger partial charge in [0.05, 0.1) is 14.2 Å². The fourth-order valence-corrected chi connectivity index (χ4v) is 2.49. The molecule has 0 saturated heterocycles. The molecular formula is C20H26N2O3. The summed E-state index contributed by atoms with van der Waals surface area (Å²) in [5.41, 5.74) is 3.27. The number of nitrogens with one attached hydrogen (secondary N) is 1. The van der Waals surface area contributed by atoms with Gasteiger partial charge in [-0.15, -0.1) is 0 Å². The van der Waals surface area contributed by atoms with E-state index in [9.17, 15) is 4.79 Å². The van der Waals surface area contributed by atoms with E-state index in [0.717, 1.165) is 16.8 Å². The highest BCUT2D eigenvalue weighted by molar-refractivity contribution is 5.76. The number of hydrogen-bond donors (Lipinski definition) is 1. The largest absolute Gasteiger partial charge is 0.493 e. The van der Waals surface area contributed by atoms with Crippen LogP contribution in [-0.4, -0.2) is 34.2 Å². The van der Waals surface area contributed by atoms with Crippen molar-refractivity contribution < 1.29 is 14.3 Å². The molecular weight excluding hydrogens is 316 g/mol. The Balaban J connectivity index is 1.82. The quantitative estimate of drug-likeness (QED) is 0.801. The lowest BCUT2D eigenvalue weighted by Gasteiger charge is -2.13. The summed E-state index contributed by atoms with van der Waals surface area (Å²) in [6.07, 6.45) is 1.09. The summed E-state index contributed by atoms with van der Waals surface area (Å²) < 4.78 is 10.5. The zero-order chi connectivity index (χ0) is 18.2. The van der Waals surface area contributed by atoms with E-state index < -0.39 is 0 Å². The third kappa shape index (κ3) is 5.41. The van der Waals surface area contributed by atoms with Crippen molar-refractivity contribution in [1.82, 2.24) is 5.32 Å². The highest BCUT2D eigenvalue weighted by Gasteiger charge is 2.07. The molecule has 0 saturated carbocycles. The minimum absolute atomic E-state index is 0.0338. The van der Waals surface area contributed by atoms with Gasteiger partial charge in [0.25, 0.3) is 0 Å². The van der Waals surface area contributed by atoms with Crippen molar-refractivity contribution in [3.63, 3.8) is 0 Å². The molecule has 0 fully saturated rings. The highest BCUT2D eigenvalue weighted by atomic mass is 16.5. The van der Waals surface area contributed by atoms with Crippen molar-refractivity contribution in [2.45, 2.75) is 19.4 Å². The number of rotatable bonds is 8. The van der Waals surface area contributed by atoms with Crippen LogP contribution in [0.5, 0.6) is 11.5 Å². The van der Waals surface area contributed by atoms with Crippen LogP contribution in [0.15, 0.2) is 42.5 Å². The lowest BCUT2D eigenvalue weighted by molar-refractivity contribution is -0.121. The first-order valence-corrected chi connectivity index (χ1v) is 8.27. The number of methoxy groups -OCH3 is 2. The molecule has 0 radical (unpaired) electrons. The molecule has 2 aromatic carbocycles. The topological polar surface area (TPSA) is 50.8 Å². The molecule has 0 heterocycles. The van der Waals surface area contributed by atoms with Crippen molar-refractivity contribution in [3.05, 3.63) is 53.6 Å². The third-order valence-electron chi connectivity index (χ3n) is 4.03. The molecule has 0 atom stereocenters. The molecule has 5 nitrogen and oxygen atoms in total. The highest BCUT2D eigenvalue weighted by Crippen LogP contribution is 2.27. The molecule has 2 aromatic rings. The number of ether oxygens (including phenoxy) is 2. The fraction of sp³-hybridized carbons (Fsp3) is 0.350. The first-order chi connectivity index (χ1) is 12.0. The molecule has 2 rings (SSSR count). The second kappa shape index (κ2) is 8.97. The van der Waals surface area contributed by atoms with Gasteiger partial charge in [-0.25, -0.2) is 0 Å². The molecule has 0 aliphatic rings. The maximum Gasteiger partial charge on any atom is 0.220 e. The number of anilines is 1. The molecule has 134 valence electrons. The predicted octanol–water partition coefficient (Wildman–Crippen LogP) is 3.02. The van der Waals surface area contributed by atoms with E-state index in [1.165, 1.54) is 0 Å². The van der Waals surface area contributed by atoms with Crippen LogP contribution in [0.4, 0.5) is 5.69 Å². The summed E-state index contributed by atoms with van der Waals surface area (Å²) in [4.78, 5) is 14.1. The van der Waals surface area contributed by atoms with Crippen LogP contribution in [-0.2, 0) is 17.8 Å². The zero-order valence-electron chi connectivity index (χ0n) is 15.3. The van der Waals surface area contributed by atoms with Crippen LogP contribution in [0.3, 0.4) is 0 Å². The molecule has 0 unspecified atom stereocenters. The summed E-state index contributed by atoms with van der Waals surface area (Å²) in [7, 11) is 7.22. The molecule has 25 heavy (non-hydrogen) atoms. The first kappa shape index (κ1) is 18.6. The second-order valence-corrected chi connectivity index (χ2v) is 6.03. The van der Waals surface area contributed by atoms with Crippen molar-refractivity contribution in [3.8, 4) is 11.5 Å². The number of carbonyl (C=O) groups is 1. The second-order valence-electron chi connectivity index (χ2n) is 6.03. The molecule has 5 heteroatoms. The average molecular weight is 342 g/mol. The van der Waals surface area contributed by atoms with E-state index in [0.29, 0.717) is 30.9 Å². The van der Waals surface area contributed by atoms with Crippen molar-refractivity contribution >= 4 is 11.6 Å². The maximum absolute atomic E-state index is 12.1. The van der Waals surface area contributed by atoms with Gasteiger partial charge in [-0.05, 0) is 41.8 Å². The standard InChI is InChI=1S/C20H26N2O3/c1-22(2)17-9-5-16(6-10-17)14-21-20(23)12-8-15-7-11-18(24-3)19(13-15)25-4/h5-7,9-11,13H,8,12,14H2,1-4H3,(H,21,23). The van der Waals surface area contributed by atoms with Gasteiger partial charge in [-0.3, -0.25) is 4.79 Å². The van der Waals surface area contributed by atoms with Gasteiger partial charge in [0, 0.05) is 32.7 Å². The van der Waals surface area contributed by atoms with Gasteiger partial charge >= 0.3 is 0 Å². The summed E-state index contributed by atoms with van der Waals surface area (Å²) in [5, 5.41) is 2.96. The Morgan fingerprint density at radius 2 is 1.60 bits per heavy atom. The average Bonchev–Trinajstić information content (AvgIpc) is 2.64. The molecule has 1 N–H and O–H groups in total. The number of aryl methyl sites for hydroxylation is 1. The van der Waals surface area contributed by atoms with Crippen LogP contribution in [0, 0.1) is 0 Å². The Morgan fingerprint density at radius 1 is 0.960 bits per heavy atom. The SMILES string of the molecule is COc1ccc(CCC(=O)NCc2ccc(N(C)C)cc2)cc1OC. The molecule has 1 amide bonds. The summed E-state index contributed by atoms with van der Waals surface area (Å²) in [6, 6.07) is 13.9. The predicted molar refractivity (Wildman–Crippen MR) is 100 cm³/mol. The summed E-state index contributed by atoms with van der Waals surface area (Å²) >= 11 is 0. The Morgan fingerprint density at radius 3 is 2.20 bits per heavy atom. The number of amides is 1. The van der Waals surface area contributed by atoms with E-state index in [1.54, 1.807) is 14.2 Å². The van der Waals surface area contributed by atoms with Crippen LogP contribution < -0.4 is 19.7 Å². The summed E-state index contributed by atoms with van der Waals surface area (Å²) in [6.45, 7) is 0.540. The smallest absolute Gasteiger partial charge is 0.220 e. The van der Waals surface area contributed by atoms with Crippen molar-refractivity contribution in [2.24, 2.45) is 0 Å².